The first-order valence-corrected chi connectivity index (χ1v) is 8.31. The first-order chi connectivity index (χ1) is 13.0. The van der Waals surface area contributed by atoms with Crippen molar-refractivity contribution in [2.24, 2.45) is 0 Å². The molecule has 0 saturated heterocycles. The van der Waals surface area contributed by atoms with E-state index in [0.29, 0.717) is 5.39 Å². The number of benzene rings is 2. The van der Waals surface area contributed by atoms with Crippen LogP contribution < -0.4 is 5.32 Å². The lowest BCUT2D eigenvalue weighted by atomic mass is 10.1. The fraction of sp³-hybridized carbons (Fsp3) is 0.211. The van der Waals surface area contributed by atoms with Gasteiger partial charge in [-0.05, 0) is 31.2 Å². The van der Waals surface area contributed by atoms with Crippen molar-refractivity contribution in [1.82, 2.24) is 15.5 Å². The third-order valence-corrected chi connectivity index (χ3v) is 4.00. The molecule has 0 aliphatic carbocycles. The molecule has 27 heavy (non-hydrogen) atoms. The van der Waals surface area contributed by atoms with E-state index in [1.165, 1.54) is 6.92 Å². The molecular formula is C19H17F2N3O3. The molecule has 1 unspecified atom stereocenters. The third kappa shape index (κ3) is 4.28. The van der Waals surface area contributed by atoms with E-state index in [1.807, 2.05) is 6.07 Å². The minimum absolute atomic E-state index is 0.0250. The molecule has 6 nitrogen and oxygen atoms in total. The average molecular weight is 373 g/mol. The minimum Gasteiger partial charge on any atom is -0.458 e. The predicted molar refractivity (Wildman–Crippen MR) is 93.9 cm³/mol. The van der Waals surface area contributed by atoms with E-state index < -0.39 is 29.6 Å². The number of aromatic nitrogens is 2. The highest BCUT2D eigenvalue weighted by atomic mass is 19.1. The van der Waals surface area contributed by atoms with Crippen LogP contribution in [0.1, 0.15) is 35.5 Å². The molecule has 3 aromatic rings. The van der Waals surface area contributed by atoms with E-state index in [4.69, 9.17) is 4.74 Å². The molecule has 0 bridgehead atoms. The van der Waals surface area contributed by atoms with Gasteiger partial charge >= 0.3 is 5.97 Å². The van der Waals surface area contributed by atoms with Crippen LogP contribution in [0.5, 0.6) is 0 Å². The number of halogens is 2. The molecular weight excluding hydrogens is 356 g/mol. The summed E-state index contributed by atoms with van der Waals surface area (Å²) in [5.41, 5.74) is 0.914. The maximum absolute atomic E-state index is 13.7. The largest absolute Gasteiger partial charge is 0.458 e. The third-order valence-electron chi connectivity index (χ3n) is 4.00. The number of hydrogen-bond donors (Lipinski definition) is 2. The molecule has 2 N–H and O–H groups in total. The maximum atomic E-state index is 13.7. The monoisotopic (exact) mass is 373 g/mol. The van der Waals surface area contributed by atoms with Gasteiger partial charge in [0.2, 0.25) is 0 Å². The van der Waals surface area contributed by atoms with Gasteiger partial charge in [0.1, 0.15) is 17.7 Å². The van der Waals surface area contributed by atoms with Crippen LogP contribution in [0.3, 0.4) is 0 Å². The van der Waals surface area contributed by atoms with Crippen LogP contribution in [0.25, 0.3) is 10.9 Å². The Hall–Kier alpha value is -3.29. The van der Waals surface area contributed by atoms with Crippen molar-refractivity contribution in [3.8, 4) is 0 Å². The van der Waals surface area contributed by atoms with E-state index in [0.717, 1.165) is 23.7 Å². The zero-order valence-electron chi connectivity index (χ0n) is 14.5. The van der Waals surface area contributed by atoms with Crippen molar-refractivity contribution in [3.05, 3.63) is 65.4 Å². The van der Waals surface area contributed by atoms with Crippen molar-refractivity contribution in [3.63, 3.8) is 0 Å². The van der Waals surface area contributed by atoms with Crippen molar-refractivity contribution in [2.45, 2.75) is 19.4 Å². The van der Waals surface area contributed by atoms with Crippen molar-refractivity contribution >= 4 is 22.8 Å². The van der Waals surface area contributed by atoms with Crippen LogP contribution in [0.2, 0.25) is 0 Å². The molecule has 1 atom stereocenters. The minimum atomic E-state index is -0.945. The second-order valence-electron chi connectivity index (χ2n) is 5.92. The van der Waals surface area contributed by atoms with Crippen LogP contribution in [0.4, 0.5) is 8.78 Å². The lowest BCUT2D eigenvalue weighted by molar-refractivity contribution is -0.148. The summed E-state index contributed by atoms with van der Waals surface area (Å²) in [4.78, 5) is 24.1. The molecule has 0 saturated carbocycles. The molecule has 3 rings (SSSR count). The van der Waals surface area contributed by atoms with Crippen LogP contribution in [-0.4, -0.2) is 28.6 Å². The van der Waals surface area contributed by atoms with Crippen LogP contribution in [-0.2, 0) is 9.53 Å². The number of aromatic amines is 1. The van der Waals surface area contributed by atoms with Gasteiger partial charge in [-0.3, -0.25) is 14.7 Å². The van der Waals surface area contributed by atoms with Crippen molar-refractivity contribution in [2.75, 3.05) is 6.54 Å². The quantitative estimate of drug-likeness (QED) is 0.650. The van der Waals surface area contributed by atoms with Crippen LogP contribution >= 0.6 is 0 Å². The van der Waals surface area contributed by atoms with Crippen molar-refractivity contribution < 1.29 is 23.1 Å². The Labute approximate surface area is 153 Å². The molecule has 0 aliphatic rings. The lowest BCUT2D eigenvalue weighted by Crippen LogP contribution is -2.27. The summed E-state index contributed by atoms with van der Waals surface area (Å²) in [6.45, 7) is 1.47. The van der Waals surface area contributed by atoms with Gasteiger partial charge in [0, 0.05) is 17.5 Å². The summed E-state index contributed by atoms with van der Waals surface area (Å²) in [7, 11) is 0. The van der Waals surface area contributed by atoms with Gasteiger partial charge in [0.15, 0.2) is 5.69 Å². The number of amides is 1. The standard InChI is InChI=1S/C19H17F2N3O3/c1-11(14-10-12(20)6-7-15(14)21)27-17(25)8-9-22-19(26)18-13-4-2-3-5-16(13)23-24-18/h2-7,10-11H,8-9H2,1H3,(H,22,26)(H,23,24). The van der Waals surface area contributed by atoms with E-state index in [9.17, 15) is 18.4 Å². The number of esters is 1. The second-order valence-corrected chi connectivity index (χ2v) is 5.92. The molecule has 0 spiro atoms. The molecule has 0 radical (unpaired) electrons. The number of hydrogen-bond acceptors (Lipinski definition) is 4. The number of para-hydroxylation sites is 1. The number of rotatable bonds is 6. The molecule has 0 aliphatic heterocycles. The summed E-state index contributed by atoms with van der Waals surface area (Å²) in [6, 6.07) is 10.1. The van der Waals surface area contributed by atoms with E-state index >= 15 is 0 Å². The molecule has 2 aromatic carbocycles. The second kappa shape index (κ2) is 7.94. The molecule has 140 valence electrons. The first-order valence-electron chi connectivity index (χ1n) is 8.31. The summed E-state index contributed by atoms with van der Waals surface area (Å²) < 4.78 is 32.0. The number of nitrogens with zero attached hydrogens (tertiary/aromatic N) is 1. The molecule has 0 fully saturated rings. The van der Waals surface area contributed by atoms with E-state index in [2.05, 4.69) is 15.5 Å². The van der Waals surface area contributed by atoms with Gasteiger partial charge < -0.3 is 10.1 Å². The molecule has 1 aromatic heterocycles. The Bertz CT molecular complexity index is 987. The molecule has 8 heteroatoms. The fourth-order valence-electron chi connectivity index (χ4n) is 2.64. The van der Waals surface area contributed by atoms with Gasteiger partial charge in [0.25, 0.3) is 5.91 Å². The zero-order chi connectivity index (χ0) is 19.4. The summed E-state index contributed by atoms with van der Waals surface area (Å²) in [5.74, 6) is -2.34. The van der Waals surface area contributed by atoms with Gasteiger partial charge in [-0.2, -0.15) is 5.10 Å². The highest BCUT2D eigenvalue weighted by Gasteiger charge is 2.17. The number of carbonyl (C=O) groups is 2. The number of H-pyrrole nitrogens is 1. The lowest BCUT2D eigenvalue weighted by Gasteiger charge is -2.14. The SMILES string of the molecule is CC(OC(=O)CCNC(=O)c1n[nH]c2ccccc12)c1cc(F)ccc1F. The van der Waals surface area contributed by atoms with Gasteiger partial charge in [-0.25, -0.2) is 8.78 Å². The maximum Gasteiger partial charge on any atom is 0.308 e. The number of nitrogens with one attached hydrogen (secondary N) is 2. The van der Waals surface area contributed by atoms with Gasteiger partial charge in [0.05, 0.1) is 11.9 Å². The number of carbonyl (C=O) groups excluding carboxylic acids is 2. The van der Waals surface area contributed by atoms with E-state index in [1.54, 1.807) is 18.2 Å². The number of ether oxygens (including phenoxy) is 1. The Morgan fingerprint density at radius 3 is 2.81 bits per heavy atom. The molecule has 1 heterocycles. The normalized spacial score (nSPS) is 12.0. The topological polar surface area (TPSA) is 84.1 Å². The highest BCUT2D eigenvalue weighted by Crippen LogP contribution is 2.21. The zero-order valence-corrected chi connectivity index (χ0v) is 14.5. The first kappa shape index (κ1) is 18.5. The van der Waals surface area contributed by atoms with Gasteiger partial charge in [-0.1, -0.05) is 18.2 Å². The fourth-order valence-corrected chi connectivity index (χ4v) is 2.64. The summed E-state index contributed by atoms with van der Waals surface area (Å²) in [5, 5.41) is 9.98. The Morgan fingerprint density at radius 2 is 2.00 bits per heavy atom. The predicted octanol–water partition coefficient (Wildman–Crippen LogP) is 3.27. The smallest absolute Gasteiger partial charge is 0.308 e. The Morgan fingerprint density at radius 1 is 1.22 bits per heavy atom. The van der Waals surface area contributed by atoms with Crippen LogP contribution in [0.15, 0.2) is 42.5 Å². The summed E-state index contributed by atoms with van der Waals surface area (Å²) in [6.07, 6.45) is -1.06. The van der Waals surface area contributed by atoms with Gasteiger partial charge in [-0.15, -0.1) is 0 Å². The highest BCUT2D eigenvalue weighted by molar-refractivity contribution is 6.04. The average Bonchev–Trinajstić information content (AvgIpc) is 3.07. The van der Waals surface area contributed by atoms with E-state index in [-0.39, 0.29) is 24.2 Å². The van der Waals surface area contributed by atoms with Crippen molar-refractivity contribution in [1.29, 1.82) is 0 Å². The number of fused-ring (bicyclic) bond motifs is 1. The Balaban J connectivity index is 1.52. The summed E-state index contributed by atoms with van der Waals surface area (Å²) >= 11 is 0. The molecule has 1 amide bonds. The Kier molecular flexibility index (Phi) is 5.44. The van der Waals surface area contributed by atoms with Crippen LogP contribution in [0, 0.1) is 11.6 Å².